The Morgan fingerprint density at radius 2 is 1.05 bits per heavy atom. The van der Waals surface area contributed by atoms with Crippen LogP contribution in [0.3, 0.4) is 0 Å². The molecule has 2 rings (SSSR count). The van der Waals surface area contributed by atoms with Gasteiger partial charge in [0.05, 0.1) is 0 Å². The normalized spacial score (nSPS) is 12.9. The third-order valence-corrected chi connectivity index (χ3v) is 3.05. The summed E-state index contributed by atoms with van der Waals surface area (Å²) in [5.74, 6) is 5.20. The van der Waals surface area contributed by atoms with Crippen LogP contribution in [0.1, 0.15) is 23.3 Å². The molecule has 0 aromatic heterocycles. The molecule has 0 aliphatic rings. The summed E-state index contributed by atoms with van der Waals surface area (Å²) in [6.45, 7) is 0. The summed E-state index contributed by atoms with van der Waals surface area (Å²) in [7, 11) is 0. The lowest BCUT2D eigenvalue weighted by Crippen LogP contribution is -2.08. The fourth-order valence-corrected chi connectivity index (χ4v) is 1.91. The van der Waals surface area contributed by atoms with Crippen molar-refractivity contribution in [1.29, 1.82) is 0 Å². The predicted octanol–water partition coefficient (Wildman–Crippen LogP) is 2.92. The average Bonchev–Trinajstić information content (AvgIpc) is 2.51. The molecule has 104 valence electrons. The summed E-state index contributed by atoms with van der Waals surface area (Å²) in [4.78, 5) is 0. The molecule has 2 unspecified atom stereocenters. The van der Waals surface area contributed by atoms with Gasteiger partial charge in [0.2, 0.25) is 0 Å². The molecule has 0 fully saturated rings. The van der Waals surface area contributed by atoms with E-state index in [9.17, 15) is 0 Å². The first-order chi connectivity index (χ1) is 10.1. The number of nitrogens with two attached hydrogens (primary N) is 2. The average molecular weight is 276 g/mol. The van der Waals surface area contributed by atoms with Crippen molar-refractivity contribution in [2.45, 2.75) is 12.2 Å². The van der Waals surface area contributed by atoms with Crippen molar-refractivity contribution < 1.29 is 4.74 Å². The lowest BCUT2D eigenvalue weighted by atomic mass is 10.1. The van der Waals surface area contributed by atoms with E-state index in [4.69, 9.17) is 29.1 Å². The molecule has 0 bridgehead atoms. The van der Waals surface area contributed by atoms with Gasteiger partial charge in [0.15, 0.2) is 0 Å². The smallest absolute Gasteiger partial charge is 0.145 e. The van der Waals surface area contributed by atoms with Crippen molar-refractivity contribution >= 4 is 11.4 Å². The van der Waals surface area contributed by atoms with Crippen LogP contribution in [-0.4, -0.2) is 0 Å². The Hall–Kier alpha value is -2.88. The largest absolute Gasteiger partial charge is 0.399 e. The maximum atomic E-state index is 5.85. The Morgan fingerprint density at radius 1 is 0.714 bits per heavy atom. The number of hydrogen-bond acceptors (Lipinski definition) is 3. The zero-order valence-electron chi connectivity index (χ0n) is 11.5. The van der Waals surface area contributed by atoms with Gasteiger partial charge in [0.25, 0.3) is 0 Å². The van der Waals surface area contributed by atoms with Crippen LogP contribution in [0.5, 0.6) is 0 Å². The highest BCUT2D eigenvalue weighted by Gasteiger charge is 2.16. The Morgan fingerprint density at radius 3 is 1.33 bits per heavy atom. The van der Waals surface area contributed by atoms with Crippen molar-refractivity contribution in [1.82, 2.24) is 0 Å². The van der Waals surface area contributed by atoms with Gasteiger partial charge < -0.3 is 16.2 Å². The van der Waals surface area contributed by atoms with Crippen LogP contribution in [0, 0.1) is 24.7 Å². The first-order valence-electron chi connectivity index (χ1n) is 6.42. The number of rotatable bonds is 4. The Labute approximate surface area is 124 Å². The van der Waals surface area contributed by atoms with E-state index in [-0.39, 0.29) is 0 Å². The van der Waals surface area contributed by atoms with Crippen LogP contribution in [0.25, 0.3) is 0 Å². The van der Waals surface area contributed by atoms with Gasteiger partial charge in [-0.1, -0.05) is 36.1 Å². The molecular formula is C18H16N2O. The molecule has 0 saturated carbocycles. The first-order valence-corrected chi connectivity index (χ1v) is 6.42. The summed E-state index contributed by atoms with van der Waals surface area (Å²) in [6.07, 6.45) is 10.0. The molecule has 0 heterocycles. The molecule has 3 nitrogen and oxygen atoms in total. The van der Waals surface area contributed by atoms with E-state index < -0.39 is 12.2 Å². The SMILES string of the molecule is C#CC(OC(C#C)c1ccc(N)cc1)c1ccc(N)cc1. The maximum Gasteiger partial charge on any atom is 0.145 e. The summed E-state index contributed by atoms with van der Waals surface area (Å²) in [5.41, 5.74) is 14.3. The zero-order chi connectivity index (χ0) is 15.2. The van der Waals surface area contributed by atoms with E-state index in [1.165, 1.54) is 0 Å². The summed E-state index contributed by atoms with van der Waals surface area (Å²) < 4.78 is 5.85. The highest BCUT2D eigenvalue weighted by molar-refractivity contribution is 5.42. The van der Waals surface area contributed by atoms with Gasteiger partial charge in [-0.3, -0.25) is 0 Å². The molecule has 4 N–H and O–H groups in total. The second-order valence-corrected chi connectivity index (χ2v) is 4.56. The molecule has 2 aromatic rings. The Kier molecular flexibility index (Phi) is 4.51. The number of nitrogen functional groups attached to an aromatic ring is 2. The molecule has 0 saturated heterocycles. The third-order valence-electron chi connectivity index (χ3n) is 3.05. The molecule has 2 aromatic carbocycles. The van der Waals surface area contributed by atoms with Gasteiger partial charge >= 0.3 is 0 Å². The van der Waals surface area contributed by atoms with Crippen molar-refractivity contribution in [2.75, 3.05) is 11.5 Å². The van der Waals surface area contributed by atoms with Gasteiger partial charge in [0, 0.05) is 11.4 Å². The van der Waals surface area contributed by atoms with Crippen LogP contribution in [0.15, 0.2) is 48.5 Å². The minimum atomic E-state index is -0.538. The van der Waals surface area contributed by atoms with Crippen LogP contribution in [0.2, 0.25) is 0 Å². The molecule has 0 radical (unpaired) electrons. The summed E-state index contributed by atoms with van der Waals surface area (Å²) >= 11 is 0. The predicted molar refractivity (Wildman–Crippen MR) is 85.9 cm³/mol. The van der Waals surface area contributed by atoms with Gasteiger partial charge in [-0.2, -0.15) is 0 Å². The Bertz CT molecular complexity index is 614. The van der Waals surface area contributed by atoms with Crippen molar-refractivity contribution in [3.05, 3.63) is 59.7 Å². The van der Waals surface area contributed by atoms with Crippen LogP contribution in [0.4, 0.5) is 11.4 Å². The lowest BCUT2D eigenvalue weighted by Gasteiger charge is -2.18. The van der Waals surface area contributed by atoms with Crippen molar-refractivity contribution in [3.63, 3.8) is 0 Å². The summed E-state index contributed by atoms with van der Waals surface area (Å²) in [6, 6.07) is 14.4. The lowest BCUT2D eigenvalue weighted by molar-refractivity contribution is 0.0516. The van der Waals surface area contributed by atoms with Gasteiger partial charge in [-0.25, -0.2) is 0 Å². The molecule has 21 heavy (non-hydrogen) atoms. The standard InChI is InChI=1S/C18H16N2O/c1-3-17(13-5-9-15(19)10-6-13)21-18(4-2)14-7-11-16(20)12-8-14/h1-2,5-12,17-18H,19-20H2. The quantitative estimate of drug-likeness (QED) is 0.666. The number of ether oxygens (including phenoxy) is 1. The molecule has 3 heteroatoms. The maximum absolute atomic E-state index is 5.85. The van der Waals surface area contributed by atoms with E-state index in [0.717, 1.165) is 11.1 Å². The zero-order valence-corrected chi connectivity index (χ0v) is 11.5. The molecule has 0 aliphatic heterocycles. The summed E-state index contributed by atoms with van der Waals surface area (Å²) in [5, 5.41) is 0. The topological polar surface area (TPSA) is 61.3 Å². The molecule has 0 amide bonds. The van der Waals surface area contributed by atoms with Gasteiger partial charge in [0.1, 0.15) is 12.2 Å². The second-order valence-electron chi connectivity index (χ2n) is 4.56. The third kappa shape index (κ3) is 3.57. The molecule has 2 atom stereocenters. The number of hydrogen-bond donors (Lipinski definition) is 2. The Balaban J connectivity index is 2.20. The van der Waals surface area contributed by atoms with Crippen LogP contribution >= 0.6 is 0 Å². The molecule has 0 aliphatic carbocycles. The van der Waals surface area contributed by atoms with E-state index >= 15 is 0 Å². The minimum Gasteiger partial charge on any atom is -0.399 e. The van der Waals surface area contributed by atoms with Crippen LogP contribution in [-0.2, 0) is 4.74 Å². The van der Waals surface area contributed by atoms with E-state index in [1.54, 1.807) is 24.3 Å². The van der Waals surface area contributed by atoms with E-state index in [1.807, 2.05) is 24.3 Å². The van der Waals surface area contributed by atoms with Crippen molar-refractivity contribution in [2.24, 2.45) is 0 Å². The van der Waals surface area contributed by atoms with Gasteiger partial charge in [-0.15, -0.1) is 12.8 Å². The van der Waals surface area contributed by atoms with Gasteiger partial charge in [-0.05, 0) is 35.4 Å². The van der Waals surface area contributed by atoms with E-state index in [0.29, 0.717) is 11.4 Å². The number of benzene rings is 2. The fourth-order valence-electron chi connectivity index (χ4n) is 1.91. The molecular weight excluding hydrogens is 260 g/mol. The monoisotopic (exact) mass is 276 g/mol. The highest BCUT2D eigenvalue weighted by atomic mass is 16.5. The molecule has 0 spiro atoms. The second kappa shape index (κ2) is 6.52. The van der Waals surface area contributed by atoms with Crippen molar-refractivity contribution in [3.8, 4) is 24.7 Å². The first kappa shape index (κ1) is 14.5. The highest BCUT2D eigenvalue weighted by Crippen LogP contribution is 2.27. The van der Waals surface area contributed by atoms with E-state index in [2.05, 4.69) is 11.8 Å². The fraction of sp³-hybridized carbons (Fsp3) is 0.111. The number of terminal acetylenes is 2. The van der Waals surface area contributed by atoms with Crippen LogP contribution < -0.4 is 11.5 Å². The minimum absolute atomic E-state index is 0.538. The number of anilines is 2.